The van der Waals surface area contributed by atoms with Crippen molar-refractivity contribution in [3.63, 3.8) is 0 Å². The monoisotopic (exact) mass is 296 g/mol. The van der Waals surface area contributed by atoms with Gasteiger partial charge in [-0.15, -0.1) is 0 Å². The van der Waals surface area contributed by atoms with Crippen LogP contribution in [0.1, 0.15) is 51.1 Å². The number of hydrogen-bond acceptors (Lipinski definition) is 2. The molecule has 1 fully saturated rings. The van der Waals surface area contributed by atoms with Crippen LogP contribution in [0.3, 0.4) is 0 Å². The quantitative estimate of drug-likeness (QED) is 0.936. The summed E-state index contributed by atoms with van der Waals surface area (Å²) in [4.78, 5) is 13.1. The van der Waals surface area contributed by atoms with Gasteiger partial charge in [0.2, 0.25) is 0 Å². The number of aromatic nitrogens is 1. The van der Waals surface area contributed by atoms with Crippen molar-refractivity contribution in [2.75, 3.05) is 0 Å². The number of pyridine rings is 1. The molecule has 1 aromatic carbocycles. The molecule has 3 nitrogen and oxygen atoms in total. The first kappa shape index (κ1) is 15.0. The van der Waals surface area contributed by atoms with Crippen LogP contribution in [0.4, 0.5) is 0 Å². The number of rotatable bonds is 3. The van der Waals surface area contributed by atoms with Gasteiger partial charge in [-0.3, -0.25) is 4.79 Å². The molecule has 0 saturated heterocycles. The van der Waals surface area contributed by atoms with Crippen molar-refractivity contribution in [2.24, 2.45) is 5.73 Å². The van der Waals surface area contributed by atoms with E-state index in [0.717, 1.165) is 24.1 Å². The van der Waals surface area contributed by atoms with Gasteiger partial charge >= 0.3 is 0 Å². The highest BCUT2D eigenvalue weighted by Crippen LogP contribution is 2.33. The second kappa shape index (κ2) is 5.73. The van der Waals surface area contributed by atoms with Crippen LogP contribution in [-0.2, 0) is 5.54 Å². The first-order valence-corrected chi connectivity index (χ1v) is 8.09. The Hall–Kier alpha value is -1.87. The highest BCUT2D eigenvalue weighted by Gasteiger charge is 2.26. The number of nitrogens with zero attached hydrogens (tertiary/aromatic N) is 1. The standard InChI is InChI=1S/C19H24N2O/c1-19(2,20)16-12-13-17(14-8-4-3-5-9-14)21(18(16)22)15-10-6-7-11-15/h3-5,8-9,12-13,15H,6-7,10-11,20H2,1-2H3. The summed E-state index contributed by atoms with van der Waals surface area (Å²) < 4.78 is 1.99. The van der Waals surface area contributed by atoms with Gasteiger partial charge in [0.05, 0.1) is 5.69 Å². The van der Waals surface area contributed by atoms with Crippen LogP contribution in [0.15, 0.2) is 47.3 Å². The summed E-state index contributed by atoms with van der Waals surface area (Å²) in [6.45, 7) is 3.79. The minimum absolute atomic E-state index is 0.0701. The number of benzene rings is 1. The van der Waals surface area contributed by atoms with Gasteiger partial charge in [0.15, 0.2) is 0 Å². The molecule has 1 heterocycles. The minimum atomic E-state index is -0.618. The third-order valence-corrected chi connectivity index (χ3v) is 4.57. The summed E-state index contributed by atoms with van der Waals surface area (Å²) in [6, 6.07) is 14.4. The molecule has 1 aromatic heterocycles. The molecule has 0 aliphatic heterocycles. The Labute approximate surface area is 131 Å². The minimum Gasteiger partial charge on any atom is -0.322 e. The molecule has 116 valence electrons. The highest BCUT2D eigenvalue weighted by atomic mass is 16.1. The molecule has 1 aliphatic rings. The summed E-state index contributed by atoms with van der Waals surface area (Å²) in [7, 11) is 0. The largest absolute Gasteiger partial charge is 0.322 e. The zero-order valence-corrected chi connectivity index (χ0v) is 13.4. The van der Waals surface area contributed by atoms with E-state index in [1.165, 1.54) is 12.8 Å². The average Bonchev–Trinajstić information content (AvgIpc) is 3.00. The van der Waals surface area contributed by atoms with Crippen LogP contribution >= 0.6 is 0 Å². The Morgan fingerprint density at radius 3 is 2.27 bits per heavy atom. The Kier molecular flexibility index (Phi) is 3.92. The summed E-state index contributed by atoms with van der Waals surface area (Å²) >= 11 is 0. The average molecular weight is 296 g/mol. The molecule has 0 spiro atoms. The lowest BCUT2D eigenvalue weighted by atomic mass is 9.95. The van der Waals surface area contributed by atoms with Gasteiger partial charge in [0.1, 0.15) is 0 Å². The summed E-state index contributed by atoms with van der Waals surface area (Å²) in [5.74, 6) is 0. The van der Waals surface area contributed by atoms with Crippen molar-refractivity contribution in [3.8, 4) is 11.3 Å². The van der Waals surface area contributed by atoms with Gasteiger partial charge in [0, 0.05) is 17.1 Å². The molecule has 0 atom stereocenters. The molecule has 0 amide bonds. The fourth-order valence-electron chi connectivity index (χ4n) is 3.41. The van der Waals surface area contributed by atoms with Gasteiger partial charge in [-0.2, -0.15) is 0 Å². The molecule has 1 saturated carbocycles. The molecular weight excluding hydrogens is 272 g/mol. The molecule has 3 heteroatoms. The van der Waals surface area contributed by atoms with Crippen molar-refractivity contribution in [1.82, 2.24) is 4.57 Å². The van der Waals surface area contributed by atoms with E-state index in [1.807, 2.05) is 42.7 Å². The van der Waals surface area contributed by atoms with Crippen LogP contribution in [0.25, 0.3) is 11.3 Å². The van der Waals surface area contributed by atoms with E-state index in [0.29, 0.717) is 11.6 Å². The lowest BCUT2D eigenvalue weighted by Crippen LogP contribution is -2.39. The predicted octanol–water partition coefficient (Wildman–Crippen LogP) is 3.82. The van der Waals surface area contributed by atoms with Crippen molar-refractivity contribution < 1.29 is 0 Å². The Bertz CT molecular complexity index is 704. The molecule has 2 aromatic rings. The molecule has 2 N–H and O–H groups in total. The predicted molar refractivity (Wildman–Crippen MR) is 90.9 cm³/mol. The molecule has 22 heavy (non-hydrogen) atoms. The van der Waals surface area contributed by atoms with E-state index in [-0.39, 0.29) is 5.56 Å². The Balaban J connectivity index is 2.22. The smallest absolute Gasteiger partial charge is 0.256 e. The van der Waals surface area contributed by atoms with Gasteiger partial charge < -0.3 is 10.3 Å². The zero-order chi connectivity index (χ0) is 15.7. The van der Waals surface area contributed by atoms with Gasteiger partial charge in [-0.05, 0) is 44.4 Å². The van der Waals surface area contributed by atoms with E-state index in [9.17, 15) is 4.79 Å². The fraction of sp³-hybridized carbons (Fsp3) is 0.421. The molecule has 0 unspecified atom stereocenters. The number of nitrogens with two attached hydrogens (primary N) is 1. The first-order chi connectivity index (χ1) is 10.5. The normalized spacial score (nSPS) is 16.1. The van der Waals surface area contributed by atoms with Crippen molar-refractivity contribution in [3.05, 3.63) is 58.4 Å². The van der Waals surface area contributed by atoms with E-state index in [2.05, 4.69) is 18.2 Å². The van der Waals surface area contributed by atoms with Crippen LogP contribution in [0.5, 0.6) is 0 Å². The van der Waals surface area contributed by atoms with E-state index >= 15 is 0 Å². The molecule has 3 rings (SSSR count). The Morgan fingerprint density at radius 2 is 1.68 bits per heavy atom. The lowest BCUT2D eigenvalue weighted by Gasteiger charge is -2.25. The third-order valence-electron chi connectivity index (χ3n) is 4.57. The van der Waals surface area contributed by atoms with Crippen molar-refractivity contribution in [2.45, 2.75) is 51.1 Å². The molecule has 1 aliphatic carbocycles. The Morgan fingerprint density at radius 1 is 1.05 bits per heavy atom. The lowest BCUT2D eigenvalue weighted by molar-refractivity contribution is 0.482. The van der Waals surface area contributed by atoms with Crippen molar-refractivity contribution >= 4 is 0 Å². The van der Waals surface area contributed by atoms with Crippen LogP contribution < -0.4 is 11.3 Å². The second-order valence-corrected chi connectivity index (χ2v) is 6.83. The maximum atomic E-state index is 13.1. The summed E-state index contributed by atoms with van der Waals surface area (Å²) in [6.07, 6.45) is 4.55. The van der Waals surface area contributed by atoms with Crippen LogP contribution in [0.2, 0.25) is 0 Å². The number of hydrogen-bond donors (Lipinski definition) is 1. The van der Waals surface area contributed by atoms with Gasteiger partial charge in [0.25, 0.3) is 5.56 Å². The van der Waals surface area contributed by atoms with E-state index in [4.69, 9.17) is 5.73 Å². The topological polar surface area (TPSA) is 48.0 Å². The van der Waals surface area contributed by atoms with E-state index < -0.39 is 5.54 Å². The molecular formula is C19H24N2O. The summed E-state index contributed by atoms with van der Waals surface area (Å²) in [5, 5.41) is 0. The second-order valence-electron chi connectivity index (χ2n) is 6.83. The van der Waals surface area contributed by atoms with Crippen LogP contribution in [-0.4, -0.2) is 4.57 Å². The zero-order valence-electron chi connectivity index (χ0n) is 13.4. The highest BCUT2D eigenvalue weighted by molar-refractivity contribution is 5.60. The van der Waals surface area contributed by atoms with Crippen LogP contribution in [0, 0.1) is 0 Å². The maximum absolute atomic E-state index is 13.1. The molecule has 0 radical (unpaired) electrons. The van der Waals surface area contributed by atoms with Gasteiger partial charge in [-0.25, -0.2) is 0 Å². The fourth-order valence-corrected chi connectivity index (χ4v) is 3.41. The van der Waals surface area contributed by atoms with Crippen molar-refractivity contribution in [1.29, 1.82) is 0 Å². The third kappa shape index (κ3) is 2.73. The molecule has 0 bridgehead atoms. The first-order valence-electron chi connectivity index (χ1n) is 8.09. The SMILES string of the molecule is CC(C)(N)c1ccc(-c2ccccc2)n(C2CCCC2)c1=O. The van der Waals surface area contributed by atoms with Gasteiger partial charge in [-0.1, -0.05) is 43.2 Å². The van der Waals surface area contributed by atoms with E-state index in [1.54, 1.807) is 0 Å². The maximum Gasteiger partial charge on any atom is 0.256 e. The summed E-state index contributed by atoms with van der Waals surface area (Å²) in [5.41, 5.74) is 8.44.